The Labute approximate surface area is 126 Å². The molecule has 4 nitrogen and oxygen atoms in total. The van der Waals surface area contributed by atoms with E-state index in [2.05, 4.69) is 5.43 Å². The van der Waals surface area contributed by atoms with Crippen LogP contribution in [0.2, 0.25) is 10.0 Å². The Bertz CT molecular complexity index is 632. The first-order valence-corrected chi connectivity index (χ1v) is 6.53. The molecule has 0 radical (unpaired) electrons. The molecule has 0 aliphatic heterocycles. The average molecular weight is 311 g/mol. The number of nitrogen functional groups attached to an aromatic ring is 1. The van der Waals surface area contributed by atoms with Gasteiger partial charge < -0.3 is 4.74 Å². The molecule has 2 aromatic rings. The van der Waals surface area contributed by atoms with Crippen LogP contribution in [0, 0.1) is 0 Å². The van der Waals surface area contributed by atoms with Crippen LogP contribution in [0.4, 0.5) is 0 Å². The summed E-state index contributed by atoms with van der Waals surface area (Å²) in [5.74, 6) is 5.27. The van der Waals surface area contributed by atoms with Crippen LogP contribution in [0.15, 0.2) is 42.5 Å². The van der Waals surface area contributed by atoms with E-state index in [4.69, 9.17) is 33.8 Å². The Morgan fingerprint density at radius 2 is 2.00 bits per heavy atom. The molecular formula is C14H12Cl2N2O2. The van der Waals surface area contributed by atoms with Crippen LogP contribution in [0.25, 0.3) is 0 Å². The minimum absolute atomic E-state index is 0.285. The number of benzene rings is 2. The van der Waals surface area contributed by atoms with Gasteiger partial charge in [0.25, 0.3) is 5.91 Å². The Kier molecular flexibility index (Phi) is 4.84. The van der Waals surface area contributed by atoms with Crippen molar-refractivity contribution in [2.24, 2.45) is 5.84 Å². The molecule has 1 amide bonds. The molecule has 0 fully saturated rings. The molecule has 20 heavy (non-hydrogen) atoms. The van der Waals surface area contributed by atoms with Crippen LogP contribution >= 0.6 is 23.2 Å². The Morgan fingerprint density at radius 1 is 1.20 bits per heavy atom. The van der Waals surface area contributed by atoms with Crippen LogP contribution < -0.4 is 16.0 Å². The highest BCUT2D eigenvalue weighted by atomic mass is 35.5. The lowest BCUT2D eigenvalue weighted by Gasteiger charge is -2.09. The van der Waals surface area contributed by atoms with E-state index in [-0.39, 0.29) is 12.5 Å². The molecule has 2 rings (SSSR count). The van der Waals surface area contributed by atoms with E-state index in [0.717, 1.165) is 5.56 Å². The van der Waals surface area contributed by atoms with Gasteiger partial charge in [0.2, 0.25) is 0 Å². The summed E-state index contributed by atoms with van der Waals surface area (Å²) in [7, 11) is 0. The highest BCUT2D eigenvalue weighted by Gasteiger charge is 2.06. The number of amides is 1. The minimum atomic E-state index is -0.351. The molecule has 0 saturated heterocycles. The molecule has 0 aliphatic rings. The van der Waals surface area contributed by atoms with E-state index in [1.54, 1.807) is 36.4 Å². The van der Waals surface area contributed by atoms with Crippen LogP contribution in [0.3, 0.4) is 0 Å². The zero-order valence-electron chi connectivity index (χ0n) is 10.4. The van der Waals surface area contributed by atoms with Gasteiger partial charge in [0, 0.05) is 10.6 Å². The molecule has 0 heterocycles. The van der Waals surface area contributed by atoms with Gasteiger partial charge in [-0.25, -0.2) is 5.84 Å². The summed E-state index contributed by atoms with van der Waals surface area (Å²) in [4.78, 5) is 11.4. The molecule has 0 aromatic heterocycles. The number of hydrogen-bond acceptors (Lipinski definition) is 3. The topological polar surface area (TPSA) is 64.3 Å². The molecule has 3 N–H and O–H groups in total. The number of rotatable bonds is 4. The summed E-state index contributed by atoms with van der Waals surface area (Å²) in [5, 5.41) is 0.984. The summed E-state index contributed by atoms with van der Waals surface area (Å²) < 4.78 is 5.59. The van der Waals surface area contributed by atoms with E-state index < -0.39 is 0 Å². The van der Waals surface area contributed by atoms with Crippen molar-refractivity contribution in [2.75, 3.05) is 0 Å². The normalized spacial score (nSPS) is 10.2. The van der Waals surface area contributed by atoms with Gasteiger partial charge in [-0.1, -0.05) is 35.3 Å². The van der Waals surface area contributed by atoms with E-state index in [0.29, 0.717) is 21.4 Å². The van der Waals surface area contributed by atoms with E-state index in [1.165, 1.54) is 0 Å². The second kappa shape index (κ2) is 6.61. The van der Waals surface area contributed by atoms with Crippen molar-refractivity contribution in [3.05, 3.63) is 63.6 Å². The van der Waals surface area contributed by atoms with Gasteiger partial charge in [0.15, 0.2) is 0 Å². The molecule has 104 valence electrons. The molecule has 6 heteroatoms. The highest BCUT2D eigenvalue weighted by Crippen LogP contribution is 2.28. The third kappa shape index (κ3) is 3.63. The number of halogens is 2. The SMILES string of the molecule is NNC(=O)c1cccc(COc2ccc(Cl)cc2Cl)c1. The number of ether oxygens (including phenoxy) is 1. The van der Waals surface area contributed by atoms with Crippen molar-refractivity contribution >= 4 is 29.1 Å². The van der Waals surface area contributed by atoms with Gasteiger partial charge in [0.1, 0.15) is 12.4 Å². The van der Waals surface area contributed by atoms with Crippen molar-refractivity contribution in [1.29, 1.82) is 0 Å². The standard InChI is InChI=1S/C14H12Cl2N2O2/c15-11-4-5-13(12(16)7-11)20-8-9-2-1-3-10(6-9)14(19)18-17/h1-7H,8,17H2,(H,18,19). The highest BCUT2D eigenvalue weighted by molar-refractivity contribution is 6.35. The summed E-state index contributed by atoms with van der Waals surface area (Å²) >= 11 is 11.8. The Hall–Kier alpha value is -1.75. The Balaban J connectivity index is 2.09. The minimum Gasteiger partial charge on any atom is -0.487 e. The molecule has 2 aromatic carbocycles. The number of carbonyl (C=O) groups is 1. The third-order valence-electron chi connectivity index (χ3n) is 2.61. The molecule has 0 bridgehead atoms. The monoisotopic (exact) mass is 310 g/mol. The maximum Gasteiger partial charge on any atom is 0.265 e. The van der Waals surface area contributed by atoms with Crippen LogP contribution in [-0.4, -0.2) is 5.91 Å². The zero-order valence-corrected chi connectivity index (χ0v) is 11.9. The van der Waals surface area contributed by atoms with E-state index in [9.17, 15) is 4.79 Å². The van der Waals surface area contributed by atoms with E-state index >= 15 is 0 Å². The number of hydrazine groups is 1. The van der Waals surface area contributed by atoms with Crippen molar-refractivity contribution in [3.63, 3.8) is 0 Å². The number of hydrogen-bond donors (Lipinski definition) is 2. The number of carbonyl (C=O) groups excluding carboxylic acids is 1. The van der Waals surface area contributed by atoms with Crippen LogP contribution in [0.1, 0.15) is 15.9 Å². The third-order valence-corrected chi connectivity index (χ3v) is 3.14. The lowest BCUT2D eigenvalue weighted by Crippen LogP contribution is -2.30. The van der Waals surface area contributed by atoms with Crippen molar-refractivity contribution in [3.8, 4) is 5.75 Å². The zero-order chi connectivity index (χ0) is 14.5. The molecule has 0 atom stereocenters. The lowest BCUT2D eigenvalue weighted by molar-refractivity contribution is 0.0953. The molecule has 0 aliphatic carbocycles. The smallest absolute Gasteiger partial charge is 0.265 e. The number of nitrogens with one attached hydrogen (secondary N) is 1. The van der Waals surface area contributed by atoms with Crippen LogP contribution in [0.5, 0.6) is 5.75 Å². The van der Waals surface area contributed by atoms with Crippen molar-refractivity contribution in [1.82, 2.24) is 5.43 Å². The lowest BCUT2D eigenvalue weighted by atomic mass is 10.1. The van der Waals surface area contributed by atoms with E-state index in [1.807, 2.05) is 6.07 Å². The summed E-state index contributed by atoms with van der Waals surface area (Å²) in [6, 6.07) is 12.0. The maximum atomic E-state index is 11.4. The summed E-state index contributed by atoms with van der Waals surface area (Å²) in [6.07, 6.45) is 0. The predicted molar refractivity (Wildman–Crippen MR) is 78.9 cm³/mol. The summed E-state index contributed by atoms with van der Waals surface area (Å²) in [5.41, 5.74) is 3.38. The Morgan fingerprint density at radius 3 is 2.70 bits per heavy atom. The van der Waals surface area contributed by atoms with Crippen molar-refractivity contribution in [2.45, 2.75) is 6.61 Å². The average Bonchev–Trinajstić information content (AvgIpc) is 2.46. The second-order valence-corrected chi connectivity index (χ2v) is 4.88. The fourth-order valence-electron chi connectivity index (χ4n) is 1.64. The van der Waals surface area contributed by atoms with Crippen LogP contribution in [-0.2, 0) is 6.61 Å². The molecular weight excluding hydrogens is 299 g/mol. The fraction of sp³-hybridized carbons (Fsp3) is 0.0714. The molecule has 0 spiro atoms. The van der Waals surface area contributed by atoms with Gasteiger partial charge in [-0.15, -0.1) is 0 Å². The first kappa shape index (κ1) is 14.7. The van der Waals surface area contributed by atoms with Gasteiger partial charge >= 0.3 is 0 Å². The molecule has 0 saturated carbocycles. The maximum absolute atomic E-state index is 11.4. The largest absolute Gasteiger partial charge is 0.487 e. The van der Waals surface area contributed by atoms with Gasteiger partial charge in [-0.2, -0.15) is 0 Å². The quantitative estimate of drug-likeness (QED) is 0.518. The van der Waals surface area contributed by atoms with Crippen molar-refractivity contribution < 1.29 is 9.53 Å². The number of nitrogens with two attached hydrogens (primary N) is 1. The summed E-state index contributed by atoms with van der Waals surface area (Å²) in [6.45, 7) is 0.285. The van der Waals surface area contributed by atoms with Gasteiger partial charge in [-0.05, 0) is 35.9 Å². The predicted octanol–water partition coefficient (Wildman–Crippen LogP) is 3.18. The second-order valence-electron chi connectivity index (χ2n) is 4.04. The first-order chi connectivity index (χ1) is 9.60. The molecule has 0 unspecified atom stereocenters. The first-order valence-electron chi connectivity index (χ1n) is 5.78. The van der Waals surface area contributed by atoms with Gasteiger partial charge in [-0.3, -0.25) is 10.2 Å². The fourth-order valence-corrected chi connectivity index (χ4v) is 2.10. The van der Waals surface area contributed by atoms with Gasteiger partial charge in [0.05, 0.1) is 5.02 Å².